The van der Waals surface area contributed by atoms with Gasteiger partial charge >= 0.3 is 0 Å². The van der Waals surface area contributed by atoms with Crippen LogP contribution in [-0.4, -0.2) is 43.5 Å². The van der Waals surface area contributed by atoms with Gasteiger partial charge in [0.05, 0.1) is 6.61 Å². The van der Waals surface area contributed by atoms with Crippen LogP contribution in [0.15, 0.2) is 58.0 Å². The molecule has 1 aromatic heterocycles. The monoisotopic (exact) mass is 437 g/mol. The number of aryl methyl sites for hydroxylation is 1. The Bertz CT molecular complexity index is 1000. The molecule has 0 aliphatic rings. The van der Waals surface area contributed by atoms with Gasteiger partial charge in [0, 0.05) is 57.5 Å². The first-order chi connectivity index (χ1) is 15.7. The zero-order valence-corrected chi connectivity index (χ0v) is 18.9. The average Bonchev–Trinajstić information content (AvgIpc) is 3.29. The van der Waals surface area contributed by atoms with Gasteiger partial charge in [0.2, 0.25) is 0 Å². The van der Waals surface area contributed by atoms with Crippen molar-refractivity contribution in [2.24, 2.45) is 4.99 Å². The highest BCUT2D eigenvalue weighted by Gasteiger charge is 2.09. The molecule has 1 heterocycles. The van der Waals surface area contributed by atoms with Crippen LogP contribution in [0.3, 0.4) is 0 Å². The third-order valence-corrected chi connectivity index (χ3v) is 4.66. The van der Waals surface area contributed by atoms with E-state index in [9.17, 15) is 0 Å². The molecule has 8 heteroatoms. The Hall–Kier alpha value is -3.39. The van der Waals surface area contributed by atoms with Crippen LogP contribution < -0.4 is 15.4 Å². The number of aromatic nitrogens is 2. The van der Waals surface area contributed by atoms with E-state index in [4.69, 9.17) is 14.0 Å². The van der Waals surface area contributed by atoms with Crippen LogP contribution in [0, 0.1) is 0 Å². The van der Waals surface area contributed by atoms with Gasteiger partial charge in [-0.15, -0.1) is 0 Å². The summed E-state index contributed by atoms with van der Waals surface area (Å²) in [6.07, 6.45) is 2.64. The predicted molar refractivity (Wildman–Crippen MR) is 126 cm³/mol. The first kappa shape index (κ1) is 23.3. The number of hydrogen-bond acceptors (Lipinski definition) is 6. The van der Waals surface area contributed by atoms with Gasteiger partial charge in [-0.2, -0.15) is 4.98 Å². The lowest BCUT2D eigenvalue weighted by Crippen LogP contribution is -2.30. The first-order valence-corrected chi connectivity index (χ1v) is 10.8. The van der Waals surface area contributed by atoms with Crippen molar-refractivity contribution in [3.8, 4) is 17.2 Å². The predicted octanol–water partition coefficient (Wildman–Crippen LogP) is 4.29. The van der Waals surface area contributed by atoms with Crippen LogP contribution in [-0.2, 0) is 17.7 Å². The summed E-state index contributed by atoms with van der Waals surface area (Å²) < 4.78 is 16.2. The van der Waals surface area contributed by atoms with E-state index in [2.05, 4.69) is 32.7 Å². The fraction of sp³-hybridized carbons (Fsp3) is 0.375. The third kappa shape index (κ3) is 7.09. The molecule has 2 aromatic carbocycles. The van der Waals surface area contributed by atoms with Crippen molar-refractivity contribution in [3.63, 3.8) is 0 Å². The number of nitrogens with zero attached hydrogens (tertiary/aromatic N) is 3. The number of hydrogen-bond donors (Lipinski definition) is 2. The maximum Gasteiger partial charge on any atom is 0.257 e. The Labute approximate surface area is 189 Å². The van der Waals surface area contributed by atoms with Crippen LogP contribution >= 0.6 is 0 Å². The second-order valence-electron chi connectivity index (χ2n) is 7.24. The van der Waals surface area contributed by atoms with E-state index in [0.29, 0.717) is 31.6 Å². The Kier molecular flexibility index (Phi) is 9.06. The molecule has 0 aliphatic heterocycles. The normalized spacial score (nSPS) is 11.4. The lowest BCUT2D eigenvalue weighted by atomic mass is 10.1. The summed E-state index contributed by atoms with van der Waals surface area (Å²) in [5.74, 6) is 2.74. The van der Waals surface area contributed by atoms with Crippen molar-refractivity contribution in [1.29, 1.82) is 0 Å². The lowest BCUT2D eigenvalue weighted by Gasteiger charge is -2.13. The van der Waals surface area contributed by atoms with E-state index in [-0.39, 0.29) is 0 Å². The SMILES string of the molecule is CCCc1noc(-c2cccc(CNC(=NC)Nc3cccc(OCCCOC)c3)c2)n1. The Morgan fingerprint density at radius 1 is 1.12 bits per heavy atom. The summed E-state index contributed by atoms with van der Waals surface area (Å²) in [6, 6.07) is 15.8. The smallest absolute Gasteiger partial charge is 0.257 e. The van der Waals surface area contributed by atoms with Crippen molar-refractivity contribution >= 4 is 11.6 Å². The molecule has 0 fully saturated rings. The minimum Gasteiger partial charge on any atom is -0.493 e. The highest BCUT2D eigenvalue weighted by atomic mass is 16.5. The minimum absolute atomic E-state index is 0.542. The number of anilines is 1. The van der Waals surface area contributed by atoms with Gasteiger partial charge < -0.3 is 24.6 Å². The summed E-state index contributed by atoms with van der Waals surface area (Å²) in [7, 11) is 3.43. The second-order valence-corrected chi connectivity index (χ2v) is 7.24. The summed E-state index contributed by atoms with van der Waals surface area (Å²) >= 11 is 0. The van der Waals surface area contributed by atoms with Gasteiger partial charge in [0.15, 0.2) is 11.8 Å². The van der Waals surface area contributed by atoms with Crippen LogP contribution in [0.2, 0.25) is 0 Å². The molecule has 0 atom stereocenters. The van der Waals surface area contributed by atoms with Crippen LogP contribution in [0.4, 0.5) is 5.69 Å². The second kappa shape index (κ2) is 12.5. The molecular weight excluding hydrogens is 406 g/mol. The molecule has 32 heavy (non-hydrogen) atoms. The van der Waals surface area contributed by atoms with Crippen molar-refractivity contribution in [1.82, 2.24) is 15.5 Å². The lowest BCUT2D eigenvalue weighted by molar-refractivity contribution is 0.172. The van der Waals surface area contributed by atoms with Gasteiger partial charge in [-0.05, 0) is 36.2 Å². The third-order valence-electron chi connectivity index (χ3n) is 4.66. The van der Waals surface area contributed by atoms with Crippen molar-refractivity contribution < 1.29 is 14.0 Å². The zero-order chi connectivity index (χ0) is 22.6. The molecule has 0 spiro atoms. The molecule has 0 bridgehead atoms. The zero-order valence-electron chi connectivity index (χ0n) is 18.9. The van der Waals surface area contributed by atoms with Crippen LogP contribution in [0.1, 0.15) is 31.2 Å². The summed E-state index contributed by atoms with van der Waals surface area (Å²) in [4.78, 5) is 8.78. The molecule has 0 radical (unpaired) electrons. The highest BCUT2D eigenvalue weighted by molar-refractivity contribution is 5.93. The number of nitrogens with one attached hydrogen (secondary N) is 2. The van der Waals surface area contributed by atoms with Crippen molar-refractivity contribution in [2.45, 2.75) is 32.7 Å². The Morgan fingerprint density at radius 2 is 2.00 bits per heavy atom. The molecule has 0 aliphatic carbocycles. The quantitative estimate of drug-likeness (QED) is 0.262. The fourth-order valence-corrected chi connectivity index (χ4v) is 3.07. The molecule has 3 aromatic rings. The molecule has 0 saturated heterocycles. The molecule has 2 N–H and O–H groups in total. The summed E-state index contributed by atoms with van der Waals surface area (Å²) in [5, 5.41) is 10.7. The minimum atomic E-state index is 0.542. The first-order valence-electron chi connectivity index (χ1n) is 10.8. The van der Waals surface area contributed by atoms with E-state index >= 15 is 0 Å². The highest BCUT2D eigenvalue weighted by Crippen LogP contribution is 2.20. The van der Waals surface area contributed by atoms with E-state index < -0.39 is 0 Å². The van der Waals surface area contributed by atoms with E-state index in [1.165, 1.54) is 0 Å². The maximum atomic E-state index is 5.77. The molecule has 0 saturated carbocycles. The largest absolute Gasteiger partial charge is 0.493 e. The van der Waals surface area contributed by atoms with Gasteiger partial charge in [0.25, 0.3) is 5.89 Å². The van der Waals surface area contributed by atoms with Gasteiger partial charge in [0.1, 0.15) is 5.75 Å². The fourth-order valence-electron chi connectivity index (χ4n) is 3.07. The molecule has 3 rings (SSSR count). The number of aliphatic imine (C=N–C) groups is 1. The molecule has 0 amide bonds. The topological polar surface area (TPSA) is 93.8 Å². The van der Waals surface area contributed by atoms with E-state index in [1.54, 1.807) is 14.2 Å². The van der Waals surface area contributed by atoms with E-state index in [0.717, 1.165) is 47.7 Å². The molecule has 170 valence electrons. The molecule has 0 unspecified atom stereocenters. The van der Waals surface area contributed by atoms with Crippen LogP contribution in [0.5, 0.6) is 5.75 Å². The standard InChI is InChI=1S/C24H31N5O3/c1-4-8-22-28-23(32-29-22)19-10-5-9-18(15-19)17-26-24(25-2)27-20-11-6-12-21(16-20)31-14-7-13-30-3/h5-6,9-12,15-16H,4,7-8,13-14,17H2,1-3H3,(H2,25,26,27). The number of ether oxygens (including phenoxy) is 2. The number of benzene rings is 2. The van der Waals surface area contributed by atoms with E-state index in [1.807, 2.05) is 48.5 Å². The molecular formula is C24H31N5O3. The molecule has 8 nitrogen and oxygen atoms in total. The van der Waals surface area contributed by atoms with Gasteiger partial charge in [-0.25, -0.2) is 0 Å². The summed E-state index contributed by atoms with van der Waals surface area (Å²) in [6.45, 7) is 3.98. The number of rotatable bonds is 11. The van der Waals surface area contributed by atoms with Gasteiger partial charge in [-0.3, -0.25) is 4.99 Å². The average molecular weight is 438 g/mol. The number of methoxy groups -OCH3 is 1. The van der Waals surface area contributed by atoms with Crippen LogP contribution in [0.25, 0.3) is 11.5 Å². The summed E-state index contributed by atoms with van der Waals surface area (Å²) in [5.41, 5.74) is 2.88. The maximum absolute atomic E-state index is 5.77. The van der Waals surface area contributed by atoms with Crippen molar-refractivity contribution in [3.05, 3.63) is 59.9 Å². The Morgan fingerprint density at radius 3 is 2.81 bits per heavy atom. The number of guanidine groups is 1. The van der Waals surface area contributed by atoms with Crippen molar-refractivity contribution in [2.75, 3.05) is 32.7 Å². The Balaban J connectivity index is 1.56. The van der Waals surface area contributed by atoms with Gasteiger partial charge in [-0.1, -0.05) is 30.3 Å².